The van der Waals surface area contributed by atoms with E-state index in [1.54, 1.807) is 6.08 Å². The van der Waals surface area contributed by atoms with E-state index < -0.39 is 11.5 Å². The minimum Gasteiger partial charge on any atom is -0.504 e. The molecule has 20 heavy (non-hydrogen) atoms. The molecule has 1 atom stereocenters. The highest BCUT2D eigenvalue weighted by atomic mass is 16.5. The molecule has 0 fully saturated rings. The Balaban J connectivity index is 2.34. The number of allylic oxidation sites excluding steroid dienone is 2. The summed E-state index contributed by atoms with van der Waals surface area (Å²) < 4.78 is 5.20. The van der Waals surface area contributed by atoms with Gasteiger partial charge < -0.3 is 25.0 Å². The van der Waals surface area contributed by atoms with Gasteiger partial charge in [0.15, 0.2) is 11.5 Å². The number of rotatable bonds is 1. The molecule has 0 saturated carbocycles. The maximum absolute atomic E-state index is 10.1. The predicted octanol–water partition coefficient (Wildman–Crippen LogP) is 2.14. The van der Waals surface area contributed by atoms with Gasteiger partial charge in [0.2, 0.25) is 11.5 Å². The van der Waals surface area contributed by atoms with Crippen molar-refractivity contribution in [1.29, 1.82) is 0 Å². The third kappa shape index (κ3) is 1.49. The third-order valence-electron chi connectivity index (χ3n) is 3.71. The van der Waals surface area contributed by atoms with E-state index in [-0.39, 0.29) is 17.5 Å². The fourth-order valence-corrected chi connectivity index (χ4v) is 2.71. The highest BCUT2D eigenvalue weighted by molar-refractivity contribution is 5.89. The first kappa shape index (κ1) is 12.5. The molecule has 1 aromatic carbocycles. The average molecular weight is 273 g/mol. The molecule has 1 aliphatic carbocycles. The molecule has 2 aliphatic rings. The van der Waals surface area contributed by atoms with Crippen LogP contribution in [0.15, 0.2) is 29.9 Å². The van der Waals surface area contributed by atoms with Gasteiger partial charge in [0.05, 0.1) is 18.8 Å². The molecule has 5 nitrogen and oxygen atoms in total. The van der Waals surface area contributed by atoms with Crippen LogP contribution in [0.1, 0.15) is 5.56 Å². The number of aromatic hydroxyl groups is 3. The van der Waals surface area contributed by atoms with Crippen molar-refractivity contribution in [3.63, 3.8) is 0 Å². The zero-order chi connectivity index (χ0) is 14.4. The Labute approximate surface area is 116 Å². The highest BCUT2D eigenvalue weighted by Gasteiger charge is 2.32. The van der Waals surface area contributed by atoms with Crippen molar-refractivity contribution in [2.75, 3.05) is 19.1 Å². The van der Waals surface area contributed by atoms with Gasteiger partial charge in [-0.3, -0.25) is 0 Å². The van der Waals surface area contributed by atoms with Gasteiger partial charge >= 0.3 is 0 Å². The monoisotopic (exact) mass is 273 g/mol. The van der Waals surface area contributed by atoms with Crippen LogP contribution < -0.4 is 9.64 Å². The first-order chi connectivity index (χ1) is 9.56. The van der Waals surface area contributed by atoms with Crippen LogP contribution in [0.3, 0.4) is 0 Å². The second-order valence-electron chi connectivity index (χ2n) is 4.79. The number of hydrogen-bond donors (Lipinski definition) is 3. The number of likely N-dealkylation sites (N-methyl/N-ethyl adjacent to an activating group) is 1. The van der Waals surface area contributed by atoms with E-state index in [2.05, 4.69) is 0 Å². The summed E-state index contributed by atoms with van der Waals surface area (Å²) in [6, 6.07) is 0.00439. The first-order valence-electron chi connectivity index (χ1n) is 6.20. The molecule has 1 heterocycles. The zero-order valence-corrected chi connectivity index (χ0v) is 11.2. The third-order valence-corrected chi connectivity index (χ3v) is 3.71. The number of benzene rings is 1. The maximum Gasteiger partial charge on any atom is 0.206 e. The van der Waals surface area contributed by atoms with E-state index in [1.165, 1.54) is 7.11 Å². The van der Waals surface area contributed by atoms with Crippen LogP contribution in [-0.2, 0) is 0 Å². The summed E-state index contributed by atoms with van der Waals surface area (Å²) >= 11 is 0. The van der Waals surface area contributed by atoms with Crippen LogP contribution in [0.5, 0.6) is 23.0 Å². The molecule has 3 rings (SSSR count). The molecule has 3 N–H and O–H groups in total. The standard InChI is InChI=1S/C15H15NO4/c1-16-10-6-4-3-5-8(10)7-9-11(16)15(20-2)14(19)13(18)12(9)17/h3-7,10,17-19H,1-2H3. The summed E-state index contributed by atoms with van der Waals surface area (Å²) in [5.74, 6) is -1.22. The molecule has 1 aromatic rings. The Hall–Kier alpha value is -2.56. The molecule has 0 amide bonds. The minimum absolute atomic E-state index is 0.00439. The number of ether oxygens (including phenoxy) is 1. The van der Waals surface area contributed by atoms with Crippen molar-refractivity contribution in [2.24, 2.45) is 0 Å². The van der Waals surface area contributed by atoms with E-state index in [1.807, 2.05) is 36.3 Å². The molecule has 0 saturated heterocycles. The first-order valence-corrected chi connectivity index (χ1v) is 6.20. The number of fused-ring (bicyclic) bond motifs is 2. The Morgan fingerprint density at radius 2 is 1.85 bits per heavy atom. The van der Waals surface area contributed by atoms with Crippen LogP contribution >= 0.6 is 0 Å². The number of methoxy groups -OCH3 is 1. The minimum atomic E-state index is -0.570. The number of phenolic OH excluding ortho intramolecular Hbond substituents is 3. The van der Waals surface area contributed by atoms with Crippen molar-refractivity contribution < 1.29 is 20.1 Å². The Kier molecular flexibility index (Phi) is 2.64. The lowest BCUT2D eigenvalue weighted by Crippen LogP contribution is -2.35. The Bertz CT molecular complexity index is 673. The summed E-state index contributed by atoms with van der Waals surface area (Å²) in [5.41, 5.74) is 1.98. The molecule has 1 aliphatic heterocycles. The van der Waals surface area contributed by atoms with E-state index >= 15 is 0 Å². The smallest absolute Gasteiger partial charge is 0.206 e. The number of phenols is 3. The van der Waals surface area contributed by atoms with E-state index in [0.29, 0.717) is 11.3 Å². The maximum atomic E-state index is 10.1. The van der Waals surface area contributed by atoms with Crippen molar-refractivity contribution >= 4 is 11.8 Å². The average Bonchev–Trinajstić information content (AvgIpc) is 2.47. The van der Waals surface area contributed by atoms with Crippen molar-refractivity contribution in [3.8, 4) is 23.0 Å². The quantitative estimate of drug-likeness (QED) is 0.684. The summed E-state index contributed by atoms with van der Waals surface area (Å²) in [7, 11) is 3.26. The lowest BCUT2D eigenvalue weighted by Gasteiger charge is -2.36. The van der Waals surface area contributed by atoms with E-state index in [4.69, 9.17) is 4.74 Å². The SMILES string of the molecule is COc1c(O)c(O)c(O)c2c1N(C)C1C=CC=CC1=C2. The topological polar surface area (TPSA) is 73.2 Å². The van der Waals surface area contributed by atoms with Crippen LogP contribution in [0, 0.1) is 0 Å². The van der Waals surface area contributed by atoms with Gasteiger partial charge in [0, 0.05) is 12.6 Å². The molecule has 104 valence electrons. The Morgan fingerprint density at radius 1 is 1.10 bits per heavy atom. The van der Waals surface area contributed by atoms with Crippen LogP contribution in [0.4, 0.5) is 5.69 Å². The molecule has 0 aromatic heterocycles. The van der Waals surface area contributed by atoms with Gasteiger partial charge in [-0.05, 0) is 11.6 Å². The summed E-state index contributed by atoms with van der Waals surface area (Å²) in [4.78, 5) is 1.89. The van der Waals surface area contributed by atoms with Crippen molar-refractivity contribution in [3.05, 3.63) is 35.4 Å². The van der Waals surface area contributed by atoms with E-state index in [0.717, 1.165) is 5.57 Å². The number of anilines is 1. The van der Waals surface area contributed by atoms with E-state index in [9.17, 15) is 15.3 Å². The van der Waals surface area contributed by atoms with Crippen LogP contribution in [0.2, 0.25) is 0 Å². The molecule has 0 spiro atoms. The lowest BCUT2D eigenvalue weighted by atomic mass is 9.91. The summed E-state index contributed by atoms with van der Waals surface area (Å²) in [6.45, 7) is 0. The lowest BCUT2D eigenvalue weighted by molar-refractivity contribution is 0.335. The molecule has 0 bridgehead atoms. The zero-order valence-electron chi connectivity index (χ0n) is 11.2. The van der Waals surface area contributed by atoms with Gasteiger partial charge in [-0.2, -0.15) is 0 Å². The Morgan fingerprint density at radius 3 is 2.55 bits per heavy atom. The normalized spacial score (nSPS) is 19.4. The number of nitrogens with zero attached hydrogens (tertiary/aromatic N) is 1. The molecule has 5 heteroatoms. The van der Waals surface area contributed by atoms with Gasteiger partial charge in [0.1, 0.15) is 0 Å². The fraction of sp³-hybridized carbons (Fsp3) is 0.200. The fourth-order valence-electron chi connectivity index (χ4n) is 2.71. The van der Waals surface area contributed by atoms with Crippen LogP contribution in [0.25, 0.3) is 6.08 Å². The van der Waals surface area contributed by atoms with Gasteiger partial charge in [-0.25, -0.2) is 0 Å². The largest absolute Gasteiger partial charge is 0.504 e. The summed E-state index contributed by atoms with van der Waals surface area (Å²) in [5, 5.41) is 29.8. The summed E-state index contributed by atoms with van der Waals surface area (Å²) in [6.07, 6.45) is 9.60. The number of hydrogen-bond acceptors (Lipinski definition) is 5. The van der Waals surface area contributed by atoms with Crippen molar-refractivity contribution in [2.45, 2.75) is 6.04 Å². The van der Waals surface area contributed by atoms with Gasteiger partial charge in [-0.1, -0.05) is 24.3 Å². The molecule has 0 radical (unpaired) electrons. The van der Waals surface area contributed by atoms with Gasteiger partial charge in [-0.15, -0.1) is 0 Å². The van der Waals surface area contributed by atoms with Crippen molar-refractivity contribution in [1.82, 2.24) is 0 Å². The van der Waals surface area contributed by atoms with Crippen LogP contribution in [-0.4, -0.2) is 35.5 Å². The van der Waals surface area contributed by atoms with Gasteiger partial charge in [0.25, 0.3) is 0 Å². The molecular weight excluding hydrogens is 258 g/mol. The second kappa shape index (κ2) is 4.23. The highest BCUT2D eigenvalue weighted by Crippen LogP contribution is 2.54. The second-order valence-corrected chi connectivity index (χ2v) is 4.79. The molecule has 1 unspecified atom stereocenters. The molecular formula is C15H15NO4. The predicted molar refractivity (Wildman–Crippen MR) is 76.4 cm³/mol.